The van der Waals surface area contributed by atoms with Crippen LogP contribution in [-0.4, -0.2) is 52.9 Å². The Balaban J connectivity index is 1.45. The number of aromatic nitrogens is 1. The Hall–Kier alpha value is -1.94. The van der Waals surface area contributed by atoms with E-state index >= 15 is 0 Å². The van der Waals surface area contributed by atoms with Gasteiger partial charge < -0.3 is 4.90 Å². The van der Waals surface area contributed by atoms with Crippen molar-refractivity contribution in [2.75, 3.05) is 26.2 Å². The largest absolute Gasteiger partial charge is 0.337 e. The molecule has 2 aromatic rings. The number of hydrogen-bond donors (Lipinski definition) is 0. The van der Waals surface area contributed by atoms with E-state index in [2.05, 4.69) is 15.9 Å². The second kappa shape index (κ2) is 6.10. The highest BCUT2D eigenvalue weighted by Gasteiger charge is 2.33. The zero-order valence-corrected chi connectivity index (χ0v) is 14.7. The maximum absolute atomic E-state index is 13.3. The summed E-state index contributed by atoms with van der Waals surface area (Å²) in [6.45, 7) is 4.18. The number of para-hydroxylation sites is 1. The van der Waals surface area contributed by atoms with Gasteiger partial charge in [-0.15, -0.1) is 0 Å². The molecule has 130 valence electrons. The van der Waals surface area contributed by atoms with E-state index in [4.69, 9.17) is 4.98 Å². The van der Waals surface area contributed by atoms with Crippen LogP contribution in [0.3, 0.4) is 0 Å². The third kappa shape index (κ3) is 2.82. The molecule has 1 aromatic carbocycles. The minimum atomic E-state index is 0.196. The molecular weight excluding hydrogens is 310 g/mol. The number of amides is 1. The molecule has 4 nitrogen and oxygen atoms in total. The Morgan fingerprint density at radius 3 is 2.64 bits per heavy atom. The maximum atomic E-state index is 13.3. The second-order valence-electron chi connectivity index (χ2n) is 7.82. The van der Waals surface area contributed by atoms with Crippen LogP contribution < -0.4 is 0 Å². The van der Waals surface area contributed by atoms with Crippen molar-refractivity contribution >= 4 is 16.8 Å². The minimum absolute atomic E-state index is 0.196. The molecule has 4 heteroatoms. The average Bonchev–Trinajstić information content (AvgIpc) is 3.14. The summed E-state index contributed by atoms with van der Waals surface area (Å²) in [7, 11) is 0. The van der Waals surface area contributed by atoms with Gasteiger partial charge in [-0.05, 0) is 57.3 Å². The molecule has 1 atom stereocenters. The van der Waals surface area contributed by atoms with E-state index in [-0.39, 0.29) is 5.91 Å². The number of carbonyl (C=O) groups excluding carboxylic acids is 1. The zero-order chi connectivity index (χ0) is 16.8. The molecule has 3 heterocycles. The van der Waals surface area contributed by atoms with Crippen molar-refractivity contribution < 1.29 is 4.79 Å². The van der Waals surface area contributed by atoms with Crippen LogP contribution in [0.25, 0.3) is 10.9 Å². The molecule has 1 amide bonds. The lowest BCUT2D eigenvalue weighted by Crippen LogP contribution is -2.37. The maximum Gasteiger partial charge on any atom is 0.254 e. The molecule has 1 saturated carbocycles. The van der Waals surface area contributed by atoms with Gasteiger partial charge in [0.2, 0.25) is 0 Å². The number of likely N-dealkylation sites (tertiary alicyclic amines) is 2. The van der Waals surface area contributed by atoms with Crippen LogP contribution in [0.4, 0.5) is 0 Å². The molecule has 3 aliphatic rings. The van der Waals surface area contributed by atoms with E-state index in [1.165, 1.54) is 38.8 Å². The van der Waals surface area contributed by atoms with Gasteiger partial charge in [-0.3, -0.25) is 14.7 Å². The highest BCUT2D eigenvalue weighted by Crippen LogP contribution is 2.40. The summed E-state index contributed by atoms with van der Waals surface area (Å²) < 4.78 is 0. The first-order valence-corrected chi connectivity index (χ1v) is 9.72. The van der Waals surface area contributed by atoms with E-state index in [1.54, 1.807) is 0 Å². The summed E-state index contributed by atoms with van der Waals surface area (Å²) in [5.41, 5.74) is 2.93. The zero-order valence-electron chi connectivity index (χ0n) is 14.7. The van der Waals surface area contributed by atoms with Gasteiger partial charge in [-0.1, -0.05) is 18.2 Å². The predicted molar refractivity (Wildman–Crippen MR) is 98.8 cm³/mol. The van der Waals surface area contributed by atoms with Crippen molar-refractivity contribution in [1.82, 2.24) is 14.8 Å². The van der Waals surface area contributed by atoms with Crippen LogP contribution in [0.2, 0.25) is 0 Å². The number of carbonyl (C=O) groups is 1. The molecule has 0 radical (unpaired) electrons. The molecule has 3 fully saturated rings. The number of nitrogens with zero attached hydrogens (tertiary/aromatic N) is 3. The van der Waals surface area contributed by atoms with E-state index in [0.29, 0.717) is 12.0 Å². The molecule has 5 rings (SSSR count). The molecular formula is C21H25N3O. The topological polar surface area (TPSA) is 36.4 Å². The van der Waals surface area contributed by atoms with Crippen LogP contribution in [0, 0.1) is 0 Å². The first kappa shape index (κ1) is 15.3. The number of hydrogen-bond acceptors (Lipinski definition) is 3. The normalized spacial score (nSPS) is 24.3. The van der Waals surface area contributed by atoms with Crippen molar-refractivity contribution in [2.24, 2.45) is 0 Å². The van der Waals surface area contributed by atoms with Crippen LogP contribution in [-0.2, 0) is 0 Å². The van der Waals surface area contributed by atoms with Crippen molar-refractivity contribution in [3.8, 4) is 0 Å². The Labute approximate surface area is 148 Å². The Bertz CT molecular complexity index is 808. The van der Waals surface area contributed by atoms with Gasteiger partial charge in [0.15, 0.2) is 0 Å². The molecule has 2 saturated heterocycles. The molecule has 0 spiro atoms. The summed E-state index contributed by atoms with van der Waals surface area (Å²) >= 11 is 0. The van der Waals surface area contributed by atoms with Crippen LogP contribution in [0.1, 0.15) is 54.1 Å². The summed E-state index contributed by atoms with van der Waals surface area (Å²) in [4.78, 5) is 22.7. The Morgan fingerprint density at radius 1 is 1.04 bits per heavy atom. The van der Waals surface area contributed by atoms with Gasteiger partial charge in [-0.2, -0.15) is 0 Å². The Kier molecular flexibility index (Phi) is 3.74. The van der Waals surface area contributed by atoms with Crippen LogP contribution in [0.15, 0.2) is 30.3 Å². The minimum Gasteiger partial charge on any atom is -0.337 e. The third-order valence-corrected chi connectivity index (χ3v) is 6.07. The second-order valence-corrected chi connectivity index (χ2v) is 7.82. The van der Waals surface area contributed by atoms with Gasteiger partial charge >= 0.3 is 0 Å². The van der Waals surface area contributed by atoms with Crippen molar-refractivity contribution in [2.45, 2.75) is 44.1 Å². The first-order valence-electron chi connectivity index (χ1n) is 9.72. The fourth-order valence-electron chi connectivity index (χ4n) is 4.46. The van der Waals surface area contributed by atoms with Crippen molar-refractivity contribution in [3.63, 3.8) is 0 Å². The standard InChI is InChI=1S/C21H25N3O/c25-21(24-12-9-16(14-24)23-10-3-4-11-23)18-13-20(15-7-8-15)22-19-6-2-1-5-17(18)19/h1-2,5-6,13,15-16H,3-4,7-12,14H2. The highest BCUT2D eigenvalue weighted by molar-refractivity contribution is 6.06. The van der Waals surface area contributed by atoms with Gasteiger partial charge in [-0.25, -0.2) is 0 Å². The summed E-state index contributed by atoms with van der Waals surface area (Å²) in [6.07, 6.45) is 6.15. The van der Waals surface area contributed by atoms with Gasteiger partial charge in [0.05, 0.1) is 11.1 Å². The van der Waals surface area contributed by atoms with Gasteiger partial charge in [0.25, 0.3) is 5.91 Å². The fourth-order valence-corrected chi connectivity index (χ4v) is 4.46. The summed E-state index contributed by atoms with van der Waals surface area (Å²) in [5, 5.41) is 1.00. The van der Waals surface area contributed by atoms with Gasteiger partial charge in [0.1, 0.15) is 0 Å². The molecule has 1 aliphatic carbocycles. The van der Waals surface area contributed by atoms with Crippen molar-refractivity contribution in [1.29, 1.82) is 0 Å². The van der Waals surface area contributed by atoms with E-state index in [0.717, 1.165) is 41.7 Å². The van der Waals surface area contributed by atoms with E-state index < -0.39 is 0 Å². The van der Waals surface area contributed by atoms with Crippen LogP contribution >= 0.6 is 0 Å². The monoisotopic (exact) mass is 335 g/mol. The van der Waals surface area contributed by atoms with E-state index in [1.807, 2.05) is 24.3 Å². The number of benzene rings is 1. The van der Waals surface area contributed by atoms with Crippen molar-refractivity contribution in [3.05, 3.63) is 41.6 Å². The lowest BCUT2D eigenvalue weighted by atomic mass is 10.0. The SMILES string of the molecule is O=C(c1cc(C2CC2)nc2ccccc12)N1CCC(N2CCCC2)C1. The van der Waals surface area contributed by atoms with E-state index in [9.17, 15) is 4.79 Å². The predicted octanol–water partition coefficient (Wildman–Crippen LogP) is 3.42. The van der Waals surface area contributed by atoms with Crippen LogP contribution in [0.5, 0.6) is 0 Å². The molecule has 1 aromatic heterocycles. The highest BCUT2D eigenvalue weighted by atomic mass is 16.2. The molecule has 25 heavy (non-hydrogen) atoms. The average molecular weight is 335 g/mol. The number of rotatable bonds is 3. The van der Waals surface area contributed by atoms with Gasteiger partial charge in [0, 0.05) is 36.1 Å². The summed E-state index contributed by atoms with van der Waals surface area (Å²) in [6, 6.07) is 10.7. The fraction of sp³-hybridized carbons (Fsp3) is 0.524. The third-order valence-electron chi connectivity index (χ3n) is 6.07. The lowest BCUT2D eigenvalue weighted by Gasteiger charge is -2.24. The molecule has 0 N–H and O–H groups in total. The molecule has 2 aliphatic heterocycles. The summed E-state index contributed by atoms with van der Waals surface area (Å²) in [5.74, 6) is 0.759. The Morgan fingerprint density at radius 2 is 1.84 bits per heavy atom. The molecule has 0 bridgehead atoms. The number of pyridine rings is 1. The smallest absolute Gasteiger partial charge is 0.254 e. The molecule has 1 unspecified atom stereocenters. The quantitative estimate of drug-likeness (QED) is 0.862. The lowest BCUT2D eigenvalue weighted by molar-refractivity contribution is 0.0782. The number of fused-ring (bicyclic) bond motifs is 1. The first-order chi connectivity index (χ1) is 12.3.